The molecule has 1 aliphatic carbocycles. The molecule has 2 aliphatic rings. The zero-order valence-electron chi connectivity index (χ0n) is 12.4. The van der Waals surface area contributed by atoms with Crippen molar-refractivity contribution < 1.29 is 13.2 Å². The van der Waals surface area contributed by atoms with Crippen LogP contribution in [0.15, 0.2) is 0 Å². The third-order valence-electron chi connectivity index (χ3n) is 4.33. The van der Waals surface area contributed by atoms with Gasteiger partial charge >= 0.3 is 0 Å². The van der Waals surface area contributed by atoms with Gasteiger partial charge in [-0.3, -0.25) is 4.79 Å². The van der Waals surface area contributed by atoms with Crippen molar-refractivity contribution in [3.05, 3.63) is 0 Å². The molecule has 0 radical (unpaired) electrons. The van der Waals surface area contributed by atoms with Crippen molar-refractivity contribution in [3.63, 3.8) is 0 Å². The maximum atomic E-state index is 12.4. The number of carbonyl (C=O) groups excluding carboxylic acids is 1. The summed E-state index contributed by atoms with van der Waals surface area (Å²) >= 11 is 0. The maximum Gasteiger partial charge on any atom is 0.225 e. The lowest BCUT2D eigenvalue weighted by molar-refractivity contribution is -0.135. The highest BCUT2D eigenvalue weighted by Gasteiger charge is 2.30. The molecule has 1 aliphatic heterocycles. The van der Waals surface area contributed by atoms with E-state index in [1.54, 1.807) is 4.31 Å². The van der Waals surface area contributed by atoms with Crippen LogP contribution in [-0.4, -0.2) is 55.5 Å². The van der Waals surface area contributed by atoms with Crippen LogP contribution in [0.25, 0.3) is 0 Å². The molecule has 116 valence electrons. The summed E-state index contributed by atoms with van der Waals surface area (Å²) in [5, 5.41) is 0. The van der Waals surface area contributed by atoms with Crippen molar-refractivity contribution in [2.75, 3.05) is 31.9 Å². The van der Waals surface area contributed by atoms with E-state index in [9.17, 15) is 13.2 Å². The Morgan fingerprint density at radius 2 is 1.75 bits per heavy atom. The molecule has 1 saturated heterocycles. The van der Waals surface area contributed by atoms with E-state index < -0.39 is 10.0 Å². The first-order chi connectivity index (χ1) is 9.54. The lowest BCUT2D eigenvalue weighted by atomic mass is 10.1. The summed E-state index contributed by atoms with van der Waals surface area (Å²) in [7, 11) is -3.13. The van der Waals surface area contributed by atoms with Gasteiger partial charge in [-0.05, 0) is 25.7 Å². The standard InChI is InChI=1S/C14H26N2O3S/c1-2-12-20(18,19)16-9-5-8-15(10-11-16)14(17)13-6-3-4-7-13/h13H,2-12H2,1H3. The first-order valence-electron chi connectivity index (χ1n) is 7.81. The SMILES string of the molecule is CCCS(=O)(=O)N1CCCN(C(=O)C2CCCC2)CC1. The average Bonchev–Trinajstić information content (AvgIpc) is 2.81. The molecule has 5 nitrogen and oxygen atoms in total. The van der Waals surface area contributed by atoms with Crippen LogP contribution in [0.5, 0.6) is 0 Å². The molecule has 1 saturated carbocycles. The molecule has 0 unspecified atom stereocenters. The maximum absolute atomic E-state index is 12.4. The topological polar surface area (TPSA) is 57.7 Å². The fourth-order valence-corrected chi connectivity index (χ4v) is 4.75. The van der Waals surface area contributed by atoms with E-state index in [4.69, 9.17) is 0 Å². The van der Waals surface area contributed by atoms with Gasteiger partial charge in [-0.25, -0.2) is 12.7 Å². The Balaban J connectivity index is 1.93. The number of amides is 1. The van der Waals surface area contributed by atoms with E-state index in [-0.39, 0.29) is 17.6 Å². The minimum atomic E-state index is -3.13. The van der Waals surface area contributed by atoms with Crippen molar-refractivity contribution in [1.82, 2.24) is 9.21 Å². The van der Waals surface area contributed by atoms with Gasteiger partial charge in [0.05, 0.1) is 5.75 Å². The number of hydrogen-bond acceptors (Lipinski definition) is 3. The average molecular weight is 302 g/mol. The minimum absolute atomic E-state index is 0.189. The highest BCUT2D eigenvalue weighted by atomic mass is 32.2. The second kappa shape index (κ2) is 6.89. The van der Waals surface area contributed by atoms with Gasteiger partial charge in [0.15, 0.2) is 0 Å². The van der Waals surface area contributed by atoms with Crippen LogP contribution in [0.2, 0.25) is 0 Å². The summed E-state index contributed by atoms with van der Waals surface area (Å²) in [6, 6.07) is 0. The monoisotopic (exact) mass is 302 g/mol. The zero-order chi connectivity index (χ0) is 14.6. The van der Waals surface area contributed by atoms with E-state index in [2.05, 4.69) is 0 Å². The van der Waals surface area contributed by atoms with Crippen LogP contribution in [0.3, 0.4) is 0 Å². The van der Waals surface area contributed by atoms with Crippen molar-refractivity contribution in [2.45, 2.75) is 45.4 Å². The molecular weight excluding hydrogens is 276 g/mol. The quantitative estimate of drug-likeness (QED) is 0.790. The lowest BCUT2D eigenvalue weighted by Crippen LogP contribution is -2.40. The molecule has 0 aromatic carbocycles. The highest BCUT2D eigenvalue weighted by molar-refractivity contribution is 7.89. The summed E-state index contributed by atoms with van der Waals surface area (Å²) in [5.41, 5.74) is 0. The van der Waals surface area contributed by atoms with Crippen LogP contribution >= 0.6 is 0 Å². The summed E-state index contributed by atoms with van der Waals surface area (Å²) in [4.78, 5) is 14.3. The molecule has 0 spiro atoms. The van der Waals surface area contributed by atoms with E-state index >= 15 is 0 Å². The predicted molar refractivity (Wildman–Crippen MR) is 78.8 cm³/mol. The van der Waals surface area contributed by atoms with E-state index in [0.717, 1.165) is 32.1 Å². The van der Waals surface area contributed by atoms with Crippen LogP contribution in [0.4, 0.5) is 0 Å². The Morgan fingerprint density at radius 1 is 1.05 bits per heavy atom. The zero-order valence-corrected chi connectivity index (χ0v) is 13.2. The summed E-state index contributed by atoms with van der Waals surface area (Å²) in [6.45, 7) is 4.15. The fourth-order valence-electron chi connectivity index (χ4n) is 3.21. The van der Waals surface area contributed by atoms with Gasteiger partial charge in [-0.15, -0.1) is 0 Å². The van der Waals surface area contributed by atoms with Crippen molar-refractivity contribution in [1.29, 1.82) is 0 Å². The molecule has 0 bridgehead atoms. The summed E-state index contributed by atoms with van der Waals surface area (Å²) < 4.78 is 25.8. The smallest absolute Gasteiger partial charge is 0.225 e. The predicted octanol–water partition coefficient (Wildman–Crippen LogP) is 1.45. The van der Waals surface area contributed by atoms with Gasteiger partial charge in [0.25, 0.3) is 0 Å². The normalized spacial score (nSPS) is 22.9. The van der Waals surface area contributed by atoms with E-state index in [0.29, 0.717) is 32.6 Å². The Morgan fingerprint density at radius 3 is 2.40 bits per heavy atom. The van der Waals surface area contributed by atoms with Crippen molar-refractivity contribution >= 4 is 15.9 Å². The number of hydrogen-bond donors (Lipinski definition) is 0. The Hall–Kier alpha value is -0.620. The molecule has 1 amide bonds. The fraction of sp³-hybridized carbons (Fsp3) is 0.929. The van der Waals surface area contributed by atoms with Gasteiger partial charge in [0.1, 0.15) is 0 Å². The van der Waals surface area contributed by atoms with E-state index in [1.165, 1.54) is 0 Å². The second-order valence-electron chi connectivity index (χ2n) is 5.88. The number of nitrogens with zero attached hydrogens (tertiary/aromatic N) is 2. The lowest BCUT2D eigenvalue weighted by Gasteiger charge is -2.24. The summed E-state index contributed by atoms with van der Waals surface area (Å²) in [6.07, 6.45) is 5.72. The molecule has 0 atom stereocenters. The van der Waals surface area contributed by atoms with Crippen molar-refractivity contribution in [3.8, 4) is 0 Å². The minimum Gasteiger partial charge on any atom is -0.341 e. The molecule has 2 rings (SSSR count). The molecule has 20 heavy (non-hydrogen) atoms. The molecule has 0 N–H and O–H groups in total. The van der Waals surface area contributed by atoms with Gasteiger partial charge in [-0.2, -0.15) is 0 Å². The Kier molecular flexibility index (Phi) is 5.43. The van der Waals surface area contributed by atoms with Gasteiger partial charge in [0.2, 0.25) is 15.9 Å². The van der Waals surface area contributed by atoms with Crippen LogP contribution < -0.4 is 0 Å². The van der Waals surface area contributed by atoms with Gasteiger partial charge < -0.3 is 4.90 Å². The molecular formula is C14H26N2O3S. The van der Waals surface area contributed by atoms with Gasteiger partial charge in [0, 0.05) is 32.1 Å². The highest BCUT2D eigenvalue weighted by Crippen LogP contribution is 2.27. The van der Waals surface area contributed by atoms with Crippen molar-refractivity contribution in [2.24, 2.45) is 5.92 Å². The Labute approximate surface area is 122 Å². The second-order valence-corrected chi connectivity index (χ2v) is 7.96. The van der Waals surface area contributed by atoms with Crippen LogP contribution in [0.1, 0.15) is 45.4 Å². The third kappa shape index (κ3) is 3.73. The van der Waals surface area contributed by atoms with Gasteiger partial charge in [-0.1, -0.05) is 19.8 Å². The Bertz CT molecular complexity index is 430. The molecule has 6 heteroatoms. The number of sulfonamides is 1. The molecule has 0 aromatic rings. The van der Waals surface area contributed by atoms with Crippen LogP contribution in [-0.2, 0) is 14.8 Å². The molecule has 2 fully saturated rings. The third-order valence-corrected chi connectivity index (χ3v) is 6.40. The van der Waals surface area contributed by atoms with E-state index in [1.807, 2.05) is 11.8 Å². The number of rotatable bonds is 4. The number of carbonyl (C=O) groups is 1. The first-order valence-corrected chi connectivity index (χ1v) is 9.42. The molecule has 0 aromatic heterocycles. The van der Waals surface area contributed by atoms with Crippen LogP contribution in [0, 0.1) is 5.92 Å². The molecule has 1 heterocycles. The largest absolute Gasteiger partial charge is 0.341 e. The summed E-state index contributed by atoms with van der Waals surface area (Å²) in [5.74, 6) is 0.648. The first kappa shape index (κ1) is 15.8.